The summed E-state index contributed by atoms with van der Waals surface area (Å²) in [4.78, 5) is 0. The molecule has 0 saturated heterocycles. The van der Waals surface area contributed by atoms with E-state index >= 15 is 0 Å². The SMILES string of the molecule is CNS(=O)(=O)CCNS(=O)(=O)CCOc1ccccc1N. The van der Waals surface area contributed by atoms with E-state index in [0.29, 0.717) is 11.4 Å². The Labute approximate surface area is 124 Å². The first-order valence-electron chi connectivity index (χ1n) is 6.11. The van der Waals surface area contributed by atoms with Crippen LogP contribution in [-0.4, -0.2) is 48.5 Å². The highest BCUT2D eigenvalue weighted by Gasteiger charge is 2.13. The van der Waals surface area contributed by atoms with Gasteiger partial charge in [0, 0.05) is 6.54 Å². The zero-order valence-corrected chi connectivity index (χ0v) is 13.2. The third-order valence-electron chi connectivity index (χ3n) is 2.53. The van der Waals surface area contributed by atoms with Gasteiger partial charge >= 0.3 is 0 Å². The van der Waals surface area contributed by atoms with Crippen molar-refractivity contribution in [2.24, 2.45) is 0 Å². The number of para-hydroxylation sites is 2. The fraction of sp³-hybridized carbons (Fsp3) is 0.455. The van der Waals surface area contributed by atoms with Crippen LogP contribution in [0.3, 0.4) is 0 Å². The van der Waals surface area contributed by atoms with E-state index in [1.807, 2.05) is 0 Å². The van der Waals surface area contributed by atoms with Crippen molar-refractivity contribution in [3.63, 3.8) is 0 Å². The number of benzene rings is 1. The summed E-state index contributed by atoms with van der Waals surface area (Å²) in [6.07, 6.45) is 0. The molecule has 0 aliphatic heterocycles. The van der Waals surface area contributed by atoms with Crippen molar-refractivity contribution in [2.75, 3.05) is 37.4 Å². The van der Waals surface area contributed by atoms with Crippen molar-refractivity contribution in [2.45, 2.75) is 0 Å². The van der Waals surface area contributed by atoms with E-state index in [0.717, 1.165) is 0 Å². The van der Waals surface area contributed by atoms with Gasteiger partial charge in [0.15, 0.2) is 0 Å². The van der Waals surface area contributed by atoms with Crippen LogP contribution in [0.4, 0.5) is 5.69 Å². The lowest BCUT2D eigenvalue weighted by Crippen LogP contribution is -2.35. The second-order valence-corrected chi connectivity index (χ2v) is 8.09. The number of nitrogens with one attached hydrogen (secondary N) is 2. The molecule has 120 valence electrons. The second-order valence-electron chi connectivity index (χ2n) is 4.12. The van der Waals surface area contributed by atoms with Gasteiger partial charge in [0.25, 0.3) is 0 Å². The molecular formula is C11H19N3O5S2. The smallest absolute Gasteiger partial charge is 0.214 e. The van der Waals surface area contributed by atoms with Gasteiger partial charge in [0.05, 0.1) is 17.2 Å². The Morgan fingerprint density at radius 1 is 1.10 bits per heavy atom. The lowest BCUT2D eigenvalue weighted by molar-refractivity contribution is 0.342. The molecule has 0 fully saturated rings. The van der Waals surface area contributed by atoms with Gasteiger partial charge in [-0.3, -0.25) is 0 Å². The molecule has 0 spiro atoms. The molecule has 0 aromatic heterocycles. The molecule has 1 rings (SSSR count). The van der Waals surface area contributed by atoms with Gasteiger partial charge in [-0.1, -0.05) is 12.1 Å². The normalized spacial score (nSPS) is 12.2. The molecule has 0 radical (unpaired) electrons. The fourth-order valence-electron chi connectivity index (χ4n) is 1.38. The van der Waals surface area contributed by atoms with Gasteiger partial charge in [0.2, 0.25) is 20.0 Å². The van der Waals surface area contributed by atoms with Gasteiger partial charge in [-0.05, 0) is 19.2 Å². The minimum atomic E-state index is -3.60. The maximum Gasteiger partial charge on any atom is 0.214 e. The zero-order chi connectivity index (χ0) is 15.9. The Kier molecular flexibility index (Phi) is 6.40. The Balaban J connectivity index is 2.38. The first-order chi connectivity index (χ1) is 9.76. The van der Waals surface area contributed by atoms with Crippen LogP contribution in [0.5, 0.6) is 5.75 Å². The largest absolute Gasteiger partial charge is 0.490 e. The summed E-state index contributed by atoms with van der Waals surface area (Å²) in [6, 6.07) is 6.74. The van der Waals surface area contributed by atoms with E-state index in [9.17, 15) is 16.8 Å². The van der Waals surface area contributed by atoms with Crippen LogP contribution in [0, 0.1) is 0 Å². The number of sulfonamides is 2. The topological polar surface area (TPSA) is 128 Å². The van der Waals surface area contributed by atoms with E-state index in [-0.39, 0.29) is 24.7 Å². The summed E-state index contributed by atoms with van der Waals surface area (Å²) < 4.78 is 55.1. The molecule has 21 heavy (non-hydrogen) atoms. The van der Waals surface area contributed by atoms with Crippen molar-refractivity contribution >= 4 is 25.7 Å². The minimum absolute atomic E-state index is 0.0810. The summed E-state index contributed by atoms with van der Waals surface area (Å²) in [7, 11) is -5.77. The van der Waals surface area contributed by atoms with Gasteiger partial charge in [-0.15, -0.1) is 0 Å². The number of nitrogen functional groups attached to an aromatic ring is 1. The second kappa shape index (κ2) is 7.59. The van der Waals surface area contributed by atoms with Crippen molar-refractivity contribution in [3.05, 3.63) is 24.3 Å². The molecule has 0 saturated carbocycles. The van der Waals surface area contributed by atoms with Gasteiger partial charge in [-0.25, -0.2) is 26.3 Å². The highest BCUT2D eigenvalue weighted by atomic mass is 32.2. The number of nitrogens with two attached hydrogens (primary N) is 1. The molecule has 0 amide bonds. The molecule has 0 unspecified atom stereocenters. The fourth-order valence-corrected chi connectivity index (χ4v) is 2.94. The average Bonchev–Trinajstić information content (AvgIpc) is 2.40. The third-order valence-corrected chi connectivity index (χ3v) is 5.24. The number of rotatable bonds is 9. The quantitative estimate of drug-likeness (QED) is 0.502. The van der Waals surface area contributed by atoms with Crippen LogP contribution in [0.2, 0.25) is 0 Å². The molecule has 1 aromatic carbocycles. The minimum Gasteiger partial charge on any atom is -0.490 e. The van der Waals surface area contributed by atoms with Crippen LogP contribution < -0.4 is 19.9 Å². The monoisotopic (exact) mass is 337 g/mol. The Morgan fingerprint density at radius 3 is 2.38 bits per heavy atom. The Hall–Kier alpha value is -1.36. The number of hydrogen-bond acceptors (Lipinski definition) is 6. The van der Waals surface area contributed by atoms with Crippen LogP contribution >= 0.6 is 0 Å². The third kappa shape index (κ3) is 6.76. The van der Waals surface area contributed by atoms with Crippen LogP contribution in [0.25, 0.3) is 0 Å². The van der Waals surface area contributed by atoms with Crippen molar-refractivity contribution in [1.82, 2.24) is 9.44 Å². The first-order valence-corrected chi connectivity index (χ1v) is 9.42. The molecule has 0 aliphatic rings. The molecule has 10 heteroatoms. The standard InChI is InChI=1S/C11H19N3O5S2/c1-13-20(15,16)8-6-14-21(17,18)9-7-19-11-5-3-2-4-10(11)12/h2-5,13-14H,6-9,12H2,1H3. The molecule has 0 aliphatic carbocycles. The van der Waals surface area contributed by atoms with Gasteiger partial charge in [0.1, 0.15) is 12.4 Å². The molecular weight excluding hydrogens is 318 g/mol. The van der Waals surface area contributed by atoms with Gasteiger partial charge < -0.3 is 10.5 Å². The molecule has 0 bridgehead atoms. The zero-order valence-electron chi connectivity index (χ0n) is 11.6. The van der Waals surface area contributed by atoms with E-state index in [1.54, 1.807) is 24.3 Å². The molecule has 8 nitrogen and oxygen atoms in total. The Bertz CT molecular complexity index is 658. The summed E-state index contributed by atoms with van der Waals surface area (Å²) >= 11 is 0. The van der Waals surface area contributed by atoms with Crippen LogP contribution in [-0.2, 0) is 20.0 Å². The van der Waals surface area contributed by atoms with E-state index in [1.165, 1.54) is 7.05 Å². The van der Waals surface area contributed by atoms with Crippen molar-refractivity contribution < 1.29 is 21.6 Å². The van der Waals surface area contributed by atoms with Crippen molar-refractivity contribution in [3.8, 4) is 5.75 Å². The predicted octanol–water partition coefficient (Wildman–Crippen LogP) is -0.884. The molecule has 4 N–H and O–H groups in total. The Morgan fingerprint density at radius 2 is 1.76 bits per heavy atom. The number of anilines is 1. The number of ether oxygens (including phenoxy) is 1. The van der Waals surface area contributed by atoms with Crippen LogP contribution in [0.15, 0.2) is 24.3 Å². The summed E-state index contributed by atoms with van der Waals surface area (Å²) in [6.45, 7) is -0.276. The maximum absolute atomic E-state index is 11.6. The molecule has 0 heterocycles. The summed E-state index contributed by atoms with van der Waals surface area (Å²) in [5.41, 5.74) is 6.07. The lowest BCUT2D eigenvalue weighted by atomic mass is 10.3. The van der Waals surface area contributed by atoms with Crippen LogP contribution in [0.1, 0.15) is 0 Å². The highest BCUT2D eigenvalue weighted by Crippen LogP contribution is 2.19. The number of hydrogen-bond donors (Lipinski definition) is 3. The van der Waals surface area contributed by atoms with E-state index < -0.39 is 20.0 Å². The predicted molar refractivity (Wildman–Crippen MR) is 81.0 cm³/mol. The highest BCUT2D eigenvalue weighted by molar-refractivity contribution is 7.90. The summed E-state index contributed by atoms with van der Waals surface area (Å²) in [5.74, 6) is -0.207. The molecule has 1 aromatic rings. The van der Waals surface area contributed by atoms with Crippen molar-refractivity contribution in [1.29, 1.82) is 0 Å². The lowest BCUT2D eigenvalue weighted by Gasteiger charge is -2.10. The maximum atomic E-state index is 11.6. The van der Waals surface area contributed by atoms with Gasteiger partial charge in [-0.2, -0.15) is 0 Å². The van der Waals surface area contributed by atoms with E-state index in [2.05, 4.69) is 9.44 Å². The van der Waals surface area contributed by atoms with E-state index in [4.69, 9.17) is 10.5 Å². The molecule has 0 atom stereocenters. The summed E-state index contributed by atoms with van der Waals surface area (Å²) in [5, 5.41) is 0. The first kappa shape index (κ1) is 17.7. The average molecular weight is 337 g/mol.